The molecule has 0 saturated heterocycles. The molecule has 2 amide bonds. The van der Waals surface area contributed by atoms with E-state index in [1.54, 1.807) is 31.2 Å². The van der Waals surface area contributed by atoms with Crippen LogP contribution in [0.2, 0.25) is 5.02 Å². The molecule has 10 nitrogen and oxygen atoms in total. The van der Waals surface area contributed by atoms with Crippen molar-refractivity contribution in [2.75, 3.05) is 23.7 Å². The van der Waals surface area contributed by atoms with Crippen LogP contribution >= 0.6 is 11.6 Å². The largest absolute Gasteiger partial charge is 0.354 e. The van der Waals surface area contributed by atoms with Gasteiger partial charge in [0.1, 0.15) is 12.6 Å². The van der Waals surface area contributed by atoms with Crippen LogP contribution in [-0.2, 0) is 26.2 Å². The fourth-order valence-corrected chi connectivity index (χ4v) is 4.34. The van der Waals surface area contributed by atoms with E-state index in [0.29, 0.717) is 17.1 Å². The standard InChI is InChI=1S/C23H29ClN4O6S/c1-4-5-13-25-23(30)17(2)26(15-18-9-6-7-12-21(18)24)22(29)16-27(35(3,33)34)19-10-8-11-20(14-19)28(31)32/h6-12,14,17H,4-5,13,15-16H2,1-3H3,(H,25,30). The normalized spacial score (nSPS) is 12.0. The molecule has 0 aromatic heterocycles. The van der Waals surface area contributed by atoms with E-state index in [0.717, 1.165) is 29.5 Å². The molecule has 1 atom stereocenters. The van der Waals surface area contributed by atoms with Gasteiger partial charge in [-0.1, -0.05) is 49.2 Å². The molecule has 0 aliphatic rings. The number of anilines is 1. The molecule has 0 aliphatic heterocycles. The molecule has 0 bridgehead atoms. The minimum Gasteiger partial charge on any atom is -0.354 e. The Kier molecular flexibility index (Phi) is 10.0. The molecule has 0 saturated carbocycles. The zero-order valence-electron chi connectivity index (χ0n) is 19.8. The molecule has 0 radical (unpaired) electrons. The third-order valence-corrected chi connectivity index (χ3v) is 6.81. The van der Waals surface area contributed by atoms with Crippen LogP contribution in [0, 0.1) is 10.1 Å². The van der Waals surface area contributed by atoms with Gasteiger partial charge in [-0.15, -0.1) is 0 Å². The topological polar surface area (TPSA) is 130 Å². The second-order valence-electron chi connectivity index (χ2n) is 7.98. The smallest absolute Gasteiger partial charge is 0.271 e. The molecule has 2 aromatic rings. The quantitative estimate of drug-likeness (QED) is 0.257. The molecule has 2 aromatic carbocycles. The van der Waals surface area contributed by atoms with Gasteiger partial charge in [0.25, 0.3) is 5.69 Å². The molecular formula is C23H29ClN4O6S. The number of unbranched alkanes of at least 4 members (excludes halogenated alkanes) is 1. The highest BCUT2D eigenvalue weighted by Gasteiger charge is 2.30. The highest BCUT2D eigenvalue weighted by atomic mass is 35.5. The van der Waals surface area contributed by atoms with Crippen LogP contribution in [0.5, 0.6) is 0 Å². The van der Waals surface area contributed by atoms with Crippen LogP contribution < -0.4 is 9.62 Å². The lowest BCUT2D eigenvalue weighted by Crippen LogP contribution is -2.51. The van der Waals surface area contributed by atoms with E-state index in [1.807, 2.05) is 6.92 Å². The van der Waals surface area contributed by atoms with E-state index in [1.165, 1.54) is 23.1 Å². The number of carbonyl (C=O) groups is 2. The lowest BCUT2D eigenvalue weighted by molar-refractivity contribution is -0.384. The number of nitrogens with zero attached hydrogens (tertiary/aromatic N) is 3. The van der Waals surface area contributed by atoms with Crippen LogP contribution in [0.15, 0.2) is 48.5 Å². The summed E-state index contributed by atoms with van der Waals surface area (Å²) in [6.45, 7) is 3.28. The van der Waals surface area contributed by atoms with E-state index < -0.39 is 33.4 Å². The molecule has 0 heterocycles. The van der Waals surface area contributed by atoms with Gasteiger partial charge in [-0.25, -0.2) is 8.42 Å². The highest BCUT2D eigenvalue weighted by molar-refractivity contribution is 7.92. The molecule has 1 N–H and O–H groups in total. The van der Waals surface area contributed by atoms with Gasteiger partial charge in [0, 0.05) is 30.2 Å². The Morgan fingerprint density at radius 2 is 1.86 bits per heavy atom. The van der Waals surface area contributed by atoms with Crippen LogP contribution in [0.4, 0.5) is 11.4 Å². The zero-order valence-corrected chi connectivity index (χ0v) is 21.4. The van der Waals surface area contributed by atoms with Crippen molar-refractivity contribution >= 4 is 44.8 Å². The average Bonchev–Trinajstić information content (AvgIpc) is 2.80. The predicted octanol–water partition coefficient (Wildman–Crippen LogP) is 3.35. The van der Waals surface area contributed by atoms with E-state index in [-0.39, 0.29) is 23.8 Å². The molecular weight excluding hydrogens is 496 g/mol. The van der Waals surface area contributed by atoms with Gasteiger partial charge in [-0.05, 0) is 31.0 Å². The van der Waals surface area contributed by atoms with Gasteiger partial charge in [0.15, 0.2) is 0 Å². The van der Waals surface area contributed by atoms with Gasteiger partial charge in [-0.2, -0.15) is 0 Å². The Balaban J connectivity index is 2.40. The Morgan fingerprint density at radius 3 is 2.46 bits per heavy atom. The Labute approximate surface area is 210 Å². The maximum atomic E-state index is 13.4. The number of hydrogen-bond acceptors (Lipinski definition) is 6. The van der Waals surface area contributed by atoms with Gasteiger partial charge < -0.3 is 10.2 Å². The zero-order chi connectivity index (χ0) is 26.2. The molecule has 1 unspecified atom stereocenters. The number of nitrogens with one attached hydrogen (secondary N) is 1. The lowest BCUT2D eigenvalue weighted by atomic mass is 10.1. The summed E-state index contributed by atoms with van der Waals surface area (Å²) in [6, 6.07) is 10.9. The maximum Gasteiger partial charge on any atom is 0.271 e. The number of carbonyl (C=O) groups excluding carboxylic acids is 2. The molecule has 0 aliphatic carbocycles. The number of halogens is 1. The van der Waals surface area contributed by atoms with Crippen LogP contribution in [-0.4, -0.2) is 55.4 Å². The first-order chi connectivity index (χ1) is 16.5. The van der Waals surface area contributed by atoms with Crippen LogP contribution in [0.1, 0.15) is 32.3 Å². The summed E-state index contributed by atoms with van der Waals surface area (Å²) >= 11 is 6.27. The summed E-state index contributed by atoms with van der Waals surface area (Å²) in [7, 11) is -4.00. The van der Waals surface area contributed by atoms with E-state index in [9.17, 15) is 28.1 Å². The van der Waals surface area contributed by atoms with Crippen molar-refractivity contribution in [3.05, 3.63) is 69.2 Å². The number of nitro groups is 1. The number of benzene rings is 2. The first kappa shape index (κ1) is 28.1. The molecule has 190 valence electrons. The lowest BCUT2D eigenvalue weighted by Gasteiger charge is -2.31. The SMILES string of the molecule is CCCCNC(=O)C(C)N(Cc1ccccc1Cl)C(=O)CN(c1cccc([N+](=O)[O-])c1)S(C)(=O)=O. The fraction of sp³-hybridized carbons (Fsp3) is 0.391. The summed E-state index contributed by atoms with van der Waals surface area (Å²) in [6.07, 6.45) is 2.55. The fourth-order valence-electron chi connectivity index (χ4n) is 3.30. The third-order valence-electron chi connectivity index (χ3n) is 5.30. The first-order valence-corrected chi connectivity index (χ1v) is 13.2. The Hall–Kier alpha value is -3.18. The number of hydrogen-bond donors (Lipinski definition) is 1. The molecule has 2 rings (SSSR count). The summed E-state index contributed by atoms with van der Waals surface area (Å²) in [5.74, 6) is -1.06. The minimum absolute atomic E-state index is 0.0343. The van der Waals surface area contributed by atoms with Gasteiger partial charge in [0.2, 0.25) is 21.8 Å². The van der Waals surface area contributed by atoms with Crippen molar-refractivity contribution in [1.29, 1.82) is 0 Å². The number of amides is 2. The van der Waals surface area contributed by atoms with Crippen molar-refractivity contribution in [2.24, 2.45) is 0 Å². The summed E-state index contributed by atoms with van der Waals surface area (Å²) in [5.41, 5.74) is 0.227. The second-order valence-corrected chi connectivity index (χ2v) is 10.3. The van der Waals surface area contributed by atoms with Gasteiger partial charge in [0.05, 0.1) is 16.9 Å². The van der Waals surface area contributed by atoms with Crippen molar-refractivity contribution in [3.63, 3.8) is 0 Å². The number of nitro benzene ring substituents is 1. The third kappa shape index (κ3) is 7.93. The van der Waals surface area contributed by atoms with Gasteiger partial charge in [-0.3, -0.25) is 24.0 Å². The Bertz CT molecular complexity index is 1170. The molecule has 0 spiro atoms. The summed E-state index contributed by atoms with van der Waals surface area (Å²) in [4.78, 5) is 38.0. The first-order valence-electron chi connectivity index (χ1n) is 11.0. The molecule has 0 fully saturated rings. The van der Waals surface area contributed by atoms with Crippen molar-refractivity contribution in [1.82, 2.24) is 10.2 Å². The van der Waals surface area contributed by atoms with Crippen LogP contribution in [0.25, 0.3) is 0 Å². The van der Waals surface area contributed by atoms with Crippen molar-refractivity contribution in [2.45, 2.75) is 39.3 Å². The number of sulfonamides is 1. The van der Waals surface area contributed by atoms with Crippen molar-refractivity contribution < 1.29 is 22.9 Å². The molecule has 12 heteroatoms. The number of rotatable bonds is 12. The average molecular weight is 525 g/mol. The highest BCUT2D eigenvalue weighted by Crippen LogP contribution is 2.24. The summed E-state index contributed by atoms with van der Waals surface area (Å²) in [5, 5.41) is 14.3. The number of non-ortho nitro benzene ring substituents is 1. The summed E-state index contributed by atoms with van der Waals surface area (Å²) < 4.78 is 25.9. The minimum atomic E-state index is -4.00. The van der Waals surface area contributed by atoms with E-state index in [4.69, 9.17) is 11.6 Å². The second kappa shape index (κ2) is 12.5. The van der Waals surface area contributed by atoms with Gasteiger partial charge >= 0.3 is 0 Å². The van der Waals surface area contributed by atoms with Crippen LogP contribution in [0.3, 0.4) is 0 Å². The molecule has 35 heavy (non-hydrogen) atoms. The maximum absolute atomic E-state index is 13.4. The Morgan fingerprint density at radius 1 is 1.17 bits per heavy atom. The van der Waals surface area contributed by atoms with E-state index >= 15 is 0 Å². The van der Waals surface area contributed by atoms with E-state index in [2.05, 4.69) is 5.32 Å². The van der Waals surface area contributed by atoms with Crippen molar-refractivity contribution in [3.8, 4) is 0 Å². The predicted molar refractivity (Wildman–Crippen MR) is 135 cm³/mol. The monoisotopic (exact) mass is 524 g/mol.